The third kappa shape index (κ3) is 4.66. The van der Waals surface area contributed by atoms with Crippen molar-refractivity contribution in [1.82, 2.24) is 0 Å². The molecule has 0 unspecified atom stereocenters. The first kappa shape index (κ1) is 29.1. The minimum absolute atomic E-state index is 0.141. The second-order valence-corrected chi connectivity index (χ2v) is 12.3. The Morgan fingerprint density at radius 1 is 1.02 bits per heavy atom. The van der Waals surface area contributed by atoms with Crippen LogP contribution in [0.1, 0.15) is 24.0 Å². The van der Waals surface area contributed by atoms with E-state index in [0.717, 1.165) is 11.1 Å². The molecule has 6 rings (SSSR count). The number of amides is 2. The van der Waals surface area contributed by atoms with Crippen molar-refractivity contribution in [1.29, 1.82) is 0 Å². The molecule has 1 fully saturated rings. The van der Waals surface area contributed by atoms with E-state index in [1.54, 1.807) is 36.4 Å². The summed E-state index contributed by atoms with van der Waals surface area (Å²) in [7, 11) is 2.86. The maximum absolute atomic E-state index is 14.0. The van der Waals surface area contributed by atoms with Crippen LogP contribution in [-0.4, -0.2) is 42.7 Å². The highest BCUT2D eigenvalue weighted by molar-refractivity contribution is 9.12. The largest absolute Gasteiger partial charge is 0.502 e. The molecule has 0 saturated carbocycles. The highest BCUT2D eigenvalue weighted by Crippen LogP contribution is 2.53. The van der Waals surface area contributed by atoms with E-state index < -0.39 is 23.7 Å². The Labute approximate surface area is 261 Å². The normalized spacial score (nSPS) is 25.0. The number of imide groups is 1. The van der Waals surface area contributed by atoms with Crippen molar-refractivity contribution < 1.29 is 33.8 Å². The number of aromatic hydroxyl groups is 1. The second-order valence-electron chi connectivity index (χ2n) is 11.0. The number of Topliss-reactive ketones (excluding diaryl/α,β-unsaturated/α-hetero) is 1. The van der Waals surface area contributed by atoms with Gasteiger partial charge in [-0.15, -0.1) is 0 Å². The number of hydrogen-bond donors (Lipinski definition) is 1. The maximum Gasteiger partial charge on any atom is 0.238 e. The van der Waals surface area contributed by atoms with Gasteiger partial charge in [0.15, 0.2) is 23.1 Å². The summed E-state index contributed by atoms with van der Waals surface area (Å²) in [6.07, 6.45) is 7.31. The molecule has 4 atom stereocenters. The van der Waals surface area contributed by atoms with Crippen LogP contribution in [0.5, 0.6) is 17.2 Å². The van der Waals surface area contributed by atoms with E-state index >= 15 is 0 Å². The first-order valence-corrected chi connectivity index (χ1v) is 14.9. The lowest BCUT2D eigenvalue weighted by Crippen LogP contribution is -2.40. The van der Waals surface area contributed by atoms with Gasteiger partial charge in [-0.3, -0.25) is 19.2 Å². The lowest BCUT2D eigenvalue weighted by Gasteiger charge is -2.41. The van der Waals surface area contributed by atoms with E-state index in [2.05, 4.69) is 15.9 Å². The number of phenolic OH excluding ortho intramolecular Hbond substituents is 1. The van der Waals surface area contributed by atoms with E-state index in [9.17, 15) is 24.3 Å². The molecule has 1 N–H and O–H groups in total. The zero-order valence-electron chi connectivity index (χ0n) is 23.5. The van der Waals surface area contributed by atoms with Gasteiger partial charge in [-0.25, -0.2) is 4.90 Å². The topological polar surface area (TPSA) is 110 Å². The number of anilines is 1. The molecule has 0 bridgehead atoms. The van der Waals surface area contributed by atoms with E-state index in [0.29, 0.717) is 33.8 Å². The zero-order valence-corrected chi connectivity index (χ0v) is 25.9. The predicted octanol–water partition coefficient (Wildman–Crippen LogP) is 5.88. The molecule has 8 nitrogen and oxygen atoms in total. The fraction of sp³-hybridized carbons (Fsp3) is 0.273. The summed E-state index contributed by atoms with van der Waals surface area (Å²) in [6.45, 7) is 1.84. The molecule has 0 spiro atoms. The number of halogens is 2. The van der Waals surface area contributed by atoms with Crippen LogP contribution in [0.3, 0.4) is 0 Å². The van der Waals surface area contributed by atoms with Crippen LogP contribution in [0, 0.1) is 30.6 Å². The monoisotopic (exact) mass is 663 g/mol. The van der Waals surface area contributed by atoms with Gasteiger partial charge in [-0.05, 0) is 77.0 Å². The molecule has 3 aliphatic carbocycles. The Balaban J connectivity index is 1.43. The van der Waals surface area contributed by atoms with Gasteiger partial charge in [0, 0.05) is 28.2 Å². The smallest absolute Gasteiger partial charge is 0.238 e. The van der Waals surface area contributed by atoms with E-state index in [-0.39, 0.29) is 51.5 Å². The van der Waals surface area contributed by atoms with Gasteiger partial charge >= 0.3 is 0 Å². The van der Waals surface area contributed by atoms with Gasteiger partial charge in [-0.1, -0.05) is 41.5 Å². The molecule has 2 aromatic carbocycles. The fourth-order valence-corrected chi connectivity index (χ4v) is 7.30. The minimum atomic E-state index is -0.695. The third-order valence-electron chi connectivity index (χ3n) is 8.78. The second kappa shape index (κ2) is 11.0. The maximum atomic E-state index is 14.0. The van der Waals surface area contributed by atoms with E-state index in [4.69, 9.17) is 21.1 Å². The highest BCUT2D eigenvalue weighted by atomic mass is 79.9. The number of phenols is 1. The Kier molecular flexibility index (Phi) is 7.42. The van der Waals surface area contributed by atoms with Crippen molar-refractivity contribution in [3.05, 3.63) is 85.9 Å². The Morgan fingerprint density at radius 3 is 2.37 bits per heavy atom. The molecule has 2 amide bonds. The molecule has 1 aliphatic heterocycles. The van der Waals surface area contributed by atoms with Gasteiger partial charge in [0.1, 0.15) is 0 Å². The molecule has 220 valence electrons. The quantitative estimate of drug-likeness (QED) is 0.241. The fourth-order valence-electron chi connectivity index (χ4n) is 6.68. The van der Waals surface area contributed by atoms with Crippen LogP contribution in [0.25, 0.3) is 6.08 Å². The number of aryl methyl sites for hydroxylation is 1. The van der Waals surface area contributed by atoms with Crippen LogP contribution >= 0.6 is 27.5 Å². The van der Waals surface area contributed by atoms with E-state index in [1.165, 1.54) is 25.2 Å². The van der Waals surface area contributed by atoms with Crippen LogP contribution < -0.4 is 14.4 Å². The minimum Gasteiger partial charge on any atom is -0.502 e. The zero-order chi connectivity index (χ0) is 30.7. The summed E-state index contributed by atoms with van der Waals surface area (Å²) in [5, 5.41) is 10.8. The van der Waals surface area contributed by atoms with Crippen molar-refractivity contribution in [3.63, 3.8) is 0 Å². The molecular weight excluding hydrogens is 638 g/mol. The lowest BCUT2D eigenvalue weighted by molar-refractivity contribution is -0.123. The standard InChI is InChI=1S/C33H27BrClNO7/c1-15-4-6-17(12-24(15)35)36-32(40)20-9-8-18-19(7-5-16-10-26(42-2)31(39)27(11-16)43-3)28-22(13-21(18)29(20)33(36)41)30(38)23(34)14-25(28)37/h4-8,10-12,14,19-21,29,39H,9,13H2,1-3H3/t19-,20-,21+,29-/m0/s1. The molecular formula is C33H27BrClNO7. The summed E-state index contributed by atoms with van der Waals surface area (Å²) in [6, 6.07) is 8.36. The molecule has 0 radical (unpaired) electrons. The summed E-state index contributed by atoms with van der Waals surface area (Å²) in [5.74, 6) is -3.31. The average molecular weight is 665 g/mol. The molecule has 4 aliphatic rings. The highest BCUT2D eigenvalue weighted by Gasteiger charge is 2.56. The number of methoxy groups -OCH3 is 2. The third-order valence-corrected chi connectivity index (χ3v) is 9.77. The number of nitrogens with zero attached hydrogens (tertiary/aromatic N) is 1. The molecule has 2 aromatic rings. The number of carbonyl (C=O) groups excluding carboxylic acids is 4. The van der Waals surface area contributed by atoms with Crippen LogP contribution in [0.15, 0.2) is 69.8 Å². The number of ketones is 2. The first-order valence-electron chi connectivity index (χ1n) is 13.7. The number of ether oxygens (including phenoxy) is 2. The van der Waals surface area contributed by atoms with E-state index in [1.807, 2.05) is 19.1 Å². The molecule has 0 aromatic heterocycles. The predicted molar refractivity (Wildman–Crippen MR) is 164 cm³/mol. The SMILES string of the molecule is COc1cc(C=C[C@H]2C3=CC[C@@H]4C(=O)N(c5ccc(C)c(Cl)c5)C(=O)[C@@H]4[C@@H]3CC3=C2C(=O)C=C(Br)C3=O)cc(OC)c1O. The van der Waals surface area contributed by atoms with Gasteiger partial charge in [0.2, 0.25) is 17.6 Å². The molecule has 1 saturated heterocycles. The van der Waals surface area contributed by atoms with Gasteiger partial charge in [0.25, 0.3) is 0 Å². The van der Waals surface area contributed by atoms with Crippen molar-refractivity contribution in [2.45, 2.75) is 19.8 Å². The lowest BCUT2D eigenvalue weighted by atomic mass is 9.61. The Hall–Kier alpha value is -3.95. The summed E-state index contributed by atoms with van der Waals surface area (Å²) in [4.78, 5) is 55.6. The number of allylic oxidation sites excluding steroid dienone is 7. The molecule has 43 heavy (non-hydrogen) atoms. The summed E-state index contributed by atoms with van der Waals surface area (Å²) >= 11 is 9.58. The van der Waals surface area contributed by atoms with Crippen molar-refractivity contribution in [3.8, 4) is 17.2 Å². The van der Waals surface area contributed by atoms with Crippen LogP contribution in [-0.2, 0) is 19.2 Å². The molecule has 1 heterocycles. The number of fused-ring (bicyclic) bond motifs is 3. The summed E-state index contributed by atoms with van der Waals surface area (Å²) < 4.78 is 10.7. The van der Waals surface area contributed by atoms with Crippen LogP contribution in [0.4, 0.5) is 5.69 Å². The number of benzene rings is 2. The Morgan fingerprint density at radius 2 is 1.72 bits per heavy atom. The van der Waals surface area contributed by atoms with Crippen LogP contribution in [0.2, 0.25) is 5.02 Å². The number of hydrogen-bond acceptors (Lipinski definition) is 7. The van der Waals surface area contributed by atoms with Gasteiger partial charge in [-0.2, -0.15) is 0 Å². The number of rotatable bonds is 5. The molecule has 10 heteroatoms. The summed E-state index contributed by atoms with van der Waals surface area (Å²) in [5.41, 5.74) is 3.41. The van der Waals surface area contributed by atoms with Gasteiger partial charge < -0.3 is 14.6 Å². The van der Waals surface area contributed by atoms with Gasteiger partial charge in [0.05, 0.1) is 36.2 Å². The van der Waals surface area contributed by atoms with Crippen molar-refractivity contribution >= 4 is 62.7 Å². The average Bonchev–Trinajstić information content (AvgIpc) is 3.25. The number of carbonyl (C=O) groups is 4. The first-order chi connectivity index (χ1) is 20.5. The van der Waals surface area contributed by atoms with Crippen molar-refractivity contribution in [2.75, 3.05) is 19.1 Å². The Bertz CT molecular complexity index is 1730. The van der Waals surface area contributed by atoms with Crippen molar-refractivity contribution in [2.24, 2.45) is 23.7 Å².